The minimum atomic E-state index is -0.206. The predicted molar refractivity (Wildman–Crippen MR) is 63.8 cm³/mol. The van der Waals surface area contributed by atoms with Crippen molar-refractivity contribution in [1.82, 2.24) is 25.4 Å². The van der Waals surface area contributed by atoms with Crippen molar-refractivity contribution >= 4 is 5.91 Å². The summed E-state index contributed by atoms with van der Waals surface area (Å²) in [6.07, 6.45) is 2.29. The molecule has 1 unspecified atom stereocenters. The Balaban J connectivity index is 1.89. The second kappa shape index (κ2) is 4.83. The molecule has 1 fully saturated rings. The fourth-order valence-corrected chi connectivity index (χ4v) is 1.80. The molecular weight excluding hydrogens is 218 g/mol. The van der Waals surface area contributed by atoms with Crippen molar-refractivity contribution in [3.63, 3.8) is 0 Å². The first-order chi connectivity index (χ1) is 8.06. The van der Waals surface area contributed by atoms with Crippen LogP contribution in [-0.2, 0) is 0 Å². The van der Waals surface area contributed by atoms with E-state index in [0.29, 0.717) is 5.92 Å². The van der Waals surface area contributed by atoms with Crippen LogP contribution in [0, 0.1) is 0 Å². The highest BCUT2D eigenvalue weighted by Crippen LogP contribution is 2.37. The Hall–Kier alpha value is -1.43. The van der Waals surface area contributed by atoms with Crippen molar-refractivity contribution in [3.8, 4) is 0 Å². The zero-order chi connectivity index (χ0) is 12.4. The van der Waals surface area contributed by atoms with E-state index < -0.39 is 0 Å². The third-order valence-corrected chi connectivity index (χ3v) is 2.69. The van der Waals surface area contributed by atoms with Gasteiger partial charge in [-0.1, -0.05) is 0 Å². The molecule has 1 heterocycles. The van der Waals surface area contributed by atoms with E-state index in [4.69, 9.17) is 0 Å². The number of hydrogen-bond donors (Lipinski definition) is 2. The molecule has 6 nitrogen and oxygen atoms in total. The molecule has 2 rings (SSSR count). The summed E-state index contributed by atoms with van der Waals surface area (Å²) in [6.45, 7) is 2.76. The van der Waals surface area contributed by atoms with E-state index in [1.807, 2.05) is 25.9 Å². The lowest BCUT2D eigenvalue weighted by Gasteiger charge is -2.17. The van der Waals surface area contributed by atoms with E-state index in [2.05, 4.69) is 20.5 Å². The number of hydrogen-bond acceptors (Lipinski definition) is 4. The van der Waals surface area contributed by atoms with Gasteiger partial charge in [-0.2, -0.15) is 0 Å². The van der Waals surface area contributed by atoms with Gasteiger partial charge in [0.15, 0.2) is 0 Å². The van der Waals surface area contributed by atoms with Crippen LogP contribution in [-0.4, -0.2) is 52.7 Å². The zero-order valence-electron chi connectivity index (χ0n) is 10.5. The average Bonchev–Trinajstić information content (AvgIpc) is 2.95. The molecule has 1 atom stereocenters. The van der Waals surface area contributed by atoms with Gasteiger partial charge in [-0.25, -0.2) is 4.98 Å². The lowest BCUT2D eigenvalue weighted by atomic mass is 10.3. The maximum atomic E-state index is 11.8. The summed E-state index contributed by atoms with van der Waals surface area (Å²) in [4.78, 5) is 18.1. The highest BCUT2D eigenvalue weighted by Gasteiger charge is 2.28. The molecule has 0 aromatic carbocycles. The number of nitrogens with zero attached hydrogens (tertiary/aromatic N) is 3. The van der Waals surface area contributed by atoms with E-state index in [9.17, 15) is 4.79 Å². The van der Waals surface area contributed by atoms with Crippen LogP contribution in [0.4, 0.5) is 0 Å². The largest absolute Gasteiger partial charge is 0.346 e. The minimum Gasteiger partial charge on any atom is -0.346 e. The molecule has 94 valence electrons. The highest BCUT2D eigenvalue weighted by atomic mass is 16.2. The fourth-order valence-electron chi connectivity index (χ4n) is 1.80. The van der Waals surface area contributed by atoms with Crippen LogP contribution >= 0.6 is 0 Å². The van der Waals surface area contributed by atoms with Crippen molar-refractivity contribution in [1.29, 1.82) is 0 Å². The number of nitrogens with one attached hydrogen (secondary N) is 2. The van der Waals surface area contributed by atoms with E-state index >= 15 is 0 Å². The van der Waals surface area contributed by atoms with Crippen LogP contribution in [0.25, 0.3) is 0 Å². The van der Waals surface area contributed by atoms with Crippen molar-refractivity contribution in [2.75, 3.05) is 20.6 Å². The number of carbonyl (C=O) groups excluding carboxylic acids is 1. The predicted octanol–water partition coefficient (Wildman–Crippen LogP) is 0.362. The first-order valence-electron chi connectivity index (χ1n) is 5.94. The fraction of sp³-hybridized carbons (Fsp3) is 0.727. The van der Waals surface area contributed by atoms with Crippen LogP contribution in [0.15, 0.2) is 0 Å². The molecule has 1 saturated carbocycles. The smallest absolute Gasteiger partial charge is 0.291 e. The van der Waals surface area contributed by atoms with Gasteiger partial charge in [0, 0.05) is 18.5 Å². The average molecular weight is 237 g/mol. The molecule has 1 aliphatic rings. The molecule has 0 radical (unpaired) electrons. The normalized spacial score (nSPS) is 17.2. The van der Waals surface area contributed by atoms with Gasteiger partial charge in [0.1, 0.15) is 5.82 Å². The summed E-state index contributed by atoms with van der Waals surface area (Å²) >= 11 is 0. The van der Waals surface area contributed by atoms with E-state index in [1.165, 1.54) is 0 Å². The number of aromatic amines is 1. The van der Waals surface area contributed by atoms with Crippen LogP contribution in [0.5, 0.6) is 0 Å². The van der Waals surface area contributed by atoms with Gasteiger partial charge < -0.3 is 10.2 Å². The van der Waals surface area contributed by atoms with E-state index in [1.54, 1.807) is 0 Å². The minimum absolute atomic E-state index is 0.0837. The molecule has 0 saturated heterocycles. The summed E-state index contributed by atoms with van der Waals surface area (Å²) in [5, 5.41) is 9.65. The Morgan fingerprint density at radius 1 is 1.59 bits per heavy atom. The van der Waals surface area contributed by atoms with Crippen LogP contribution in [0.2, 0.25) is 0 Å². The Kier molecular flexibility index (Phi) is 3.42. The second-order valence-electron chi connectivity index (χ2n) is 4.96. The third kappa shape index (κ3) is 3.26. The molecule has 6 heteroatoms. The number of aromatic nitrogens is 3. The molecule has 1 aromatic rings. The molecule has 17 heavy (non-hydrogen) atoms. The Morgan fingerprint density at radius 3 is 2.88 bits per heavy atom. The second-order valence-corrected chi connectivity index (χ2v) is 4.96. The maximum Gasteiger partial charge on any atom is 0.291 e. The third-order valence-electron chi connectivity index (χ3n) is 2.69. The molecule has 0 bridgehead atoms. The molecule has 1 aromatic heterocycles. The number of likely N-dealkylation sites (N-methyl/N-ethyl adjacent to an activating group) is 1. The standard InChI is InChI=1S/C11H19N5O/c1-7(6-16(2)3)12-11(17)10-13-9(14-15-10)8-4-5-8/h7-8H,4-6H2,1-3H3,(H,12,17)(H,13,14,15). The number of rotatable bonds is 5. The van der Waals surface area contributed by atoms with Gasteiger partial charge in [-0.05, 0) is 33.9 Å². The molecule has 0 spiro atoms. The summed E-state index contributed by atoms with van der Waals surface area (Å²) in [7, 11) is 3.95. The first kappa shape index (κ1) is 12.0. The van der Waals surface area contributed by atoms with Gasteiger partial charge in [-0.15, -0.1) is 5.10 Å². The van der Waals surface area contributed by atoms with Crippen molar-refractivity contribution in [2.45, 2.75) is 31.7 Å². The summed E-state index contributed by atoms with van der Waals surface area (Å²) in [5.41, 5.74) is 0. The summed E-state index contributed by atoms with van der Waals surface area (Å²) in [5.74, 6) is 1.37. The van der Waals surface area contributed by atoms with Gasteiger partial charge in [-0.3, -0.25) is 9.89 Å². The number of H-pyrrole nitrogens is 1. The van der Waals surface area contributed by atoms with Crippen LogP contribution in [0.1, 0.15) is 42.1 Å². The van der Waals surface area contributed by atoms with Crippen LogP contribution in [0.3, 0.4) is 0 Å². The number of carbonyl (C=O) groups is 1. The van der Waals surface area contributed by atoms with Gasteiger partial charge in [0.05, 0.1) is 0 Å². The Morgan fingerprint density at radius 2 is 2.29 bits per heavy atom. The quantitative estimate of drug-likeness (QED) is 0.775. The Bertz CT molecular complexity index is 396. The summed E-state index contributed by atoms with van der Waals surface area (Å²) < 4.78 is 0. The maximum absolute atomic E-state index is 11.8. The zero-order valence-corrected chi connectivity index (χ0v) is 10.5. The lowest BCUT2D eigenvalue weighted by Crippen LogP contribution is -2.39. The highest BCUT2D eigenvalue weighted by molar-refractivity contribution is 5.90. The van der Waals surface area contributed by atoms with Gasteiger partial charge >= 0.3 is 0 Å². The first-order valence-corrected chi connectivity index (χ1v) is 5.94. The molecule has 1 aliphatic carbocycles. The molecular formula is C11H19N5O. The summed E-state index contributed by atoms with van der Waals surface area (Å²) in [6, 6.07) is 0.0837. The molecule has 2 N–H and O–H groups in total. The lowest BCUT2D eigenvalue weighted by molar-refractivity contribution is 0.0924. The van der Waals surface area contributed by atoms with Crippen LogP contribution < -0.4 is 5.32 Å². The Labute approximate surface area is 101 Å². The van der Waals surface area contributed by atoms with Crippen molar-refractivity contribution in [3.05, 3.63) is 11.6 Å². The number of amides is 1. The SMILES string of the molecule is CC(CN(C)C)NC(=O)c1n[nH]c(C2CC2)n1. The monoisotopic (exact) mass is 237 g/mol. The topological polar surface area (TPSA) is 73.9 Å². The van der Waals surface area contributed by atoms with Gasteiger partial charge in [0.2, 0.25) is 5.82 Å². The van der Waals surface area contributed by atoms with Gasteiger partial charge in [0.25, 0.3) is 5.91 Å². The van der Waals surface area contributed by atoms with E-state index in [0.717, 1.165) is 25.2 Å². The van der Waals surface area contributed by atoms with Crippen molar-refractivity contribution < 1.29 is 4.79 Å². The molecule has 1 amide bonds. The van der Waals surface area contributed by atoms with Crippen molar-refractivity contribution in [2.24, 2.45) is 0 Å². The van der Waals surface area contributed by atoms with E-state index in [-0.39, 0.29) is 17.8 Å². The molecule has 0 aliphatic heterocycles.